The molecule has 3 aromatic rings. The normalized spacial score (nSPS) is 12.6. The summed E-state index contributed by atoms with van der Waals surface area (Å²) < 4.78 is 80.3. The average Bonchev–Trinajstić information content (AvgIpc) is 2.88. The van der Waals surface area contributed by atoms with Gasteiger partial charge in [0.15, 0.2) is 0 Å². The van der Waals surface area contributed by atoms with Crippen molar-refractivity contribution in [3.05, 3.63) is 101 Å². The molecule has 1 atom stereocenters. The third kappa shape index (κ3) is 7.36. The Kier molecular flexibility index (Phi) is 8.85. The SMILES string of the molecule is CCc1ccc(NC(=O)CCN(C(=O)c2cc(C(F)(F)F)cc(C(F)(F)F)c2)C(C)c2ccccc2)cc1. The number of rotatable bonds is 8. The number of hydrogen-bond donors (Lipinski definition) is 1. The fourth-order valence-corrected chi connectivity index (χ4v) is 3.90. The fraction of sp³-hybridized carbons (Fsp3) is 0.286. The summed E-state index contributed by atoms with van der Waals surface area (Å²) in [5, 5.41) is 2.69. The molecule has 0 aliphatic rings. The Labute approximate surface area is 216 Å². The third-order valence-electron chi connectivity index (χ3n) is 6.07. The predicted molar refractivity (Wildman–Crippen MR) is 131 cm³/mol. The minimum absolute atomic E-state index is 0.0288. The van der Waals surface area contributed by atoms with E-state index in [9.17, 15) is 35.9 Å². The van der Waals surface area contributed by atoms with Crippen molar-refractivity contribution in [2.24, 2.45) is 0 Å². The third-order valence-corrected chi connectivity index (χ3v) is 6.07. The van der Waals surface area contributed by atoms with Gasteiger partial charge in [-0.3, -0.25) is 9.59 Å². The van der Waals surface area contributed by atoms with Crippen molar-refractivity contribution >= 4 is 17.5 Å². The van der Waals surface area contributed by atoms with Crippen LogP contribution in [0.25, 0.3) is 0 Å². The van der Waals surface area contributed by atoms with E-state index in [1.54, 1.807) is 49.4 Å². The molecule has 2 amide bonds. The van der Waals surface area contributed by atoms with Crippen molar-refractivity contribution in [2.75, 3.05) is 11.9 Å². The van der Waals surface area contributed by atoms with E-state index in [0.717, 1.165) is 16.9 Å². The van der Waals surface area contributed by atoms with Crippen LogP contribution in [0.5, 0.6) is 0 Å². The number of amides is 2. The highest BCUT2D eigenvalue weighted by Crippen LogP contribution is 2.37. The van der Waals surface area contributed by atoms with E-state index in [4.69, 9.17) is 0 Å². The summed E-state index contributed by atoms with van der Waals surface area (Å²) in [6.45, 7) is 3.33. The highest BCUT2D eigenvalue weighted by Gasteiger charge is 2.38. The summed E-state index contributed by atoms with van der Waals surface area (Å²) in [6.07, 6.45) is -9.61. The maximum Gasteiger partial charge on any atom is 0.416 e. The summed E-state index contributed by atoms with van der Waals surface area (Å²) >= 11 is 0. The van der Waals surface area contributed by atoms with Crippen molar-refractivity contribution < 1.29 is 35.9 Å². The maximum atomic E-state index is 13.4. The molecule has 0 saturated heterocycles. The molecule has 38 heavy (non-hydrogen) atoms. The standard InChI is InChI=1S/C28H26F6N2O2/c1-3-19-9-11-24(12-10-19)35-25(37)13-14-36(18(2)20-7-5-4-6-8-20)26(38)21-15-22(27(29,30)31)17-23(16-21)28(32,33)34/h4-12,15-18H,3,13-14H2,1-2H3,(H,35,37). The molecular weight excluding hydrogens is 510 g/mol. The number of hydrogen-bond acceptors (Lipinski definition) is 2. The molecule has 0 spiro atoms. The molecule has 1 unspecified atom stereocenters. The largest absolute Gasteiger partial charge is 0.416 e. The lowest BCUT2D eigenvalue weighted by Gasteiger charge is -2.30. The summed E-state index contributed by atoms with van der Waals surface area (Å²) in [7, 11) is 0. The minimum Gasteiger partial charge on any atom is -0.331 e. The van der Waals surface area contributed by atoms with Crippen molar-refractivity contribution in [2.45, 2.75) is 45.1 Å². The number of carbonyl (C=O) groups excluding carboxylic acids is 2. The number of halogens is 6. The highest BCUT2D eigenvalue weighted by atomic mass is 19.4. The van der Waals surface area contributed by atoms with Crippen molar-refractivity contribution in [3.8, 4) is 0 Å². The molecule has 4 nitrogen and oxygen atoms in total. The number of carbonyl (C=O) groups is 2. The van der Waals surface area contributed by atoms with E-state index in [2.05, 4.69) is 5.32 Å². The molecule has 3 rings (SSSR count). The number of benzene rings is 3. The number of alkyl halides is 6. The van der Waals surface area contributed by atoms with Crippen LogP contribution in [-0.4, -0.2) is 23.3 Å². The van der Waals surface area contributed by atoms with Crippen molar-refractivity contribution in [3.63, 3.8) is 0 Å². The maximum absolute atomic E-state index is 13.4. The molecule has 10 heteroatoms. The Bertz CT molecular complexity index is 1220. The lowest BCUT2D eigenvalue weighted by molar-refractivity contribution is -0.143. The van der Waals surface area contributed by atoms with Gasteiger partial charge in [-0.15, -0.1) is 0 Å². The van der Waals surface area contributed by atoms with Gasteiger partial charge in [0.2, 0.25) is 5.91 Å². The van der Waals surface area contributed by atoms with Gasteiger partial charge in [-0.05, 0) is 54.8 Å². The molecule has 0 aliphatic carbocycles. The van der Waals surface area contributed by atoms with Gasteiger partial charge in [0, 0.05) is 24.2 Å². The van der Waals surface area contributed by atoms with Crippen molar-refractivity contribution in [1.82, 2.24) is 4.90 Å². The Morgan fingerprint density at radius 3 is 1.89 bits per heavy atom. The van der Waals surface area contributed by atoms with Gasteiger partial charge in [0.25, 0.3) is 5.91 Å². The Morgan fingerprint density at radius 2 is 1.39 bits per heavy atom. The van der Waals surface area contributed by atoms with Gasteiger partial charge in [-0.2, -0.15) is 26.3 Å². The molecule has 0 fully saturated rings. The average molecular weight is 537 g/mol. The van der Waals surface area contributed by atoms with Crippen LogP contribution in [0.2, 0.25) is 0 Å². The van der Waals surface area contributed by atoms with E-state index in [-0.39, 0.29) is 19.0 Å². The molecule has 0 saturated carbocycles. The van der Waals surface area contributed by atoms with E-state index >= 15 is 0 Å². The van der Waals surface area contributed by atoms with Gasteiger partial charge in [-0.25, -0.2) is 0 Å². The lowest BCUT2D eigenvalue weighted by atomic mass is 10.0. The van der Waals surface area contributed by atoms with Gasteiger partial charge in [0.05, 0.1) is 17.2 Å². The van der Waals surface area contributed by atoms with E-state index < -0.39 is 46.9 Å². The number of nitrogens with one attached hydrogen (secondary N) is 1. The molecule has 0 bridgehead atoms. The van der Waals surface area contributed by atoms with Crippen LogP contribution < -0.4 is 5.32 Å². The first-order valence-electron chi connectivity index (χ1n) is 11.8. The summed E-state index contributed by atoms with van der Waals surface area (Å²) in [5.41, 5.74) is -1.76. The van der Waals surface area contributed by atoms with Crippen LogP contribution in [0.1, 0.15) is 58.9 Å². The Morgan fingerprint density at radius 1 is 0.842 bits per heavy atom. The molecule has 1 N–H and O–H groups in total. The first-order valence-corrected chi connectivity index (χ1v) is 11.8. The topological polar surface area (TPSA) is 49.4 Å². The first kappa shape index (κ1) is 28.7. The second-order valence-corrected chi connectivity index (χ2v) is 8.73. The smallest absolute Gasteiger partial charge is 0.331 e. The van der Waals surface area contributed by atoms with E-state index in [0.29, 0.717) is 23.4 Å². The number of aryl methyl sites for hydroxylation is 1. The zero-order chi connectivity index (χ0) is 28.1. The molecule has 0 aliphatic heterocycles. The molecular formula is C28H26F6N2O2. The summed E-state index contributed by atoms with van der Waals surface area (Å²) in [5.74, 6) is -1.52. The number of nitrogens with zero attached hydrogens (tertiary/aromatic N) is 1. The molecule has 202 valence electrons. The highest BCUT2D eigenvalue weighted by molar-refractivity contribution is 5.96. The van der Waals surface area contributed by atoms with Gasteiger partial charge in [0.1, 0.15) is 0 Å². The Balaban J connectivity index is 1.91. The van der Waals surface area contributed by atoms with Gasteiger partial charge < -0.3 is 10.2 Å². The van der Waals surface area contributed by atoms with Crippen molar-refractivity contribution in [1.29, 1.82) is 0 Å². The van der Waals surface area contributed by atoms with Gasteiger partial charge >= 0.3 is 12.4 Å². The Hall–Kier alpha value is -3.82. The predicted octanol–water partition coefficient (Wildman–Crippen LogP) is 7.52. The summed E-state index contributed by atoms with van der Waals surface area (Å²) in [4.78, 5) is 27.1. The van der Waals surface area contributed by atoms with Crippen LogP contribution in [0.4, 0.5) is 32.0 Å². The van der Waals surface area contributed by atoms with Crippen LogP contribution in [0.15, 0.2) is 72.8 Å². The van der Waals surface area contributed by atoms with E-state index in [1.807, 2.05) is 19.1 Å². The van der Waals surface area contributed by atoms with Crippen LogP contribution in [0.3, 0.4) is 0 Å². The molecule has 0 radical (unpaired) electrons. The zero-order valence-corrected chi connectivity index (χ0v) is 20.7. The first-order chi connectivity index (χ1) is 17.8. The zero-order valence-electron chi connectivity index (χ0n) is 20.7. The quantitative estimate of drug-likeness (QED) is 0.303. The van der Waals surface area contributed by atoms with Crippen LogP contribution in [-0.2, 0) is 23.6 Å². The lowest BCUT2D eigenvalue weighted by Crippen LogP contribution is -2.36. The molecule has 3 aromatic carbocycles. The molecule has 0 heterocycles. The molecule has 0 aromatic heterocycles. The second-order valence-electron chi connectivity index (χ2n) is 8.73. The van der Waals surface area contributed by atoms with Crippen LogP contribution >= 0.6 is 0 Å². The van der Waals surface area contributed by atoms with Gasteiger partial charge in [-0.1, -0.05) is 49.4 Å². The monoisotopic (exact) mass is 536 g/mol. The fourth-order valence-electron chi connectivity index (χ4n) is 3.90. The summed E-state index contributed by atoms with van der Waals surface area (Å²) in [6, 6.07) is 15.6. The number of anilines is 1. The van der Waals surface area contributed by atoms with E-state index in [1.165, 1.54) is 0 Å². The minimum atomic E-state index is -5.10. The second kappa shape index (κ2) is 11.7. The van der Waals surface area contributed by atoms with Crippen LogP contribution in [0, 0.1) is 0 Å².